The first-order valence-electron chi connectivity index (χ1n) is 5.88. The molecular weight excluding hydrogens is 248 g/mol. The van der Waals surface area contributed by atoms with Crippen molar-refractivity contribution >= 4 is 11.9 Å². The number of hydrogen-bond acceptors (Lipinski definition) is 5. The third-order valence-electron chi connectivity index (χ3n) is 2.13. The van der Waals surface area contributed by atoms with Gasteiger partial charge in [0.25, 0.3) is 0 Å². The molecule has 0 saturated heterocycles. The van der Waals surface area contributed by atoms with Crippen LogP contribution in [0.5, 0.6) is 0 Å². The average molecular weight is 264 g/mol. The molecule has 0 aliphatic rings. The van der Waals surface area contributed by atoms with Crippen molar-refractivity contribution in [1.29, 1.82) is 0 Å². The molecule has 0 aliphatic carbocycles. The molecule has 0 heterocycles. The molecule has 19 heavy (non-hydrogen) atoms. The maximum Gasteiger partial charge on any atom is 0.331 e. The number of ether oxygens (including phenoxy) is 2. The van der Waals surface area contributed by atoms with E-state index in [9.17, 15) is 9.59 Å². The Hall–Kier alpha value is -2.14. The monoisotopic (exact) mass is 264 g/mol. The Bertz CT molecular complexity index is 425. The Morgan fingerprint density at radius 3 is 2.32 bits per heavy atom. The summed E-state index contributed by atoms with van der Waals surface area (Å²) >= 11 is 0. The summed E-state index contributed by atoms with van der Waals surface area (Å²) in [6.07, 6.45) is 2.40. The summed E-state index contributed by atoms with van der Waals surface area (Å²) in [5.74, 6) is -1.24. The maximum absolute atomic E-state index is 11.3. The van der Waals surface area contributed by atoms with Crippen LogP contribution in [0.25, 0.3) is 0 Å². The Kier molecular flexibility index (Phi) is 6.97. The van der Waals surface area contributed by atoms with Crippen LogP contribution < -0.4 is 0 Å². The zero-order chi connectivity index (χ0) is 13.9. The van der Waals surface area contributed by atoms with Gasteiger partial charge in [-0.15, -0.1) is 0 Å². The summed E-state index contributed by atoms with van der Waals surface area (Å²) in [5, 5.41) is 8.49. The van der Waals surface area contributed by atoms with Gasteiger partial charge in [-0.25, -0.2) is 9.59 Å². The van der Waals surface area contributed by atoms with E-state index in [2.05, 4.69) is 0 Å². The van der Waals surface area contributed by atoms with E-state index in [-0.39, 0.29) is 19.8 Å². The molecule has 5 nitrogen and oxygen atoms in total. The molecule has 102 valence electrons. The minimum Gasteiger partial charge on any atom is -0.462 e. The molecule has 0 bridgehead atoms. The third-order valence-corrected chi connectivity index (χ3v) is 2.13. The molecule has 0 spiro atoms. The fourth-order valence-electron chi connectivity index (χ4n) is 1.20. The van der Waals surface area contributed by atoms with Gasteiger partial charge in [0.05, 0.1) is 6.61 Å². The molecule has 1 rings (SSSR count). The van der Waals surface area contributed by atoms with Crippen molar-refractivity contribution in [3.63, 3.8) is 0 Å². The van der Waals surface area contributed by atoms with Gasteiger partial charge in [0.15, 0.2) is 0 Å². The van der Waals surface area contributed by atoms with Gasteiger partial charge in [0.1, 0.15) is 6.61 Å². The molecule has 1 N–H and O–H groups in total. The Morgan fingerprint density at radius 1 is 1.05 bits per heavy atom. The van der Waals surface area contributed by atoms with Crippen molar-refractivity contribution in [2.75, 3.05) is 13.2 Å². The van der Waals surface area contributed by atoms with Crippen LogP contribution in [0.1, 0.15) is 12.0 Å². The van der Waals surface area contributed by atoms with Crippen LogP contribution in [0, 0.1) is 0 Å². The Labute approximate surface area is 111 Å². The van der Waals surface area contributed by atoms with Crippen molar-refractivity contribution in [3.05, 3.63) is 48.0 Å². The van der Waals surface area contributed by atoms with Crippen LogP contribution in [0.2, 0.25) is 0 Å². The van der Waals surface area contributed by atoms with Gasteiger partial charge in [-0.2, -0.15) is 0 Å². The van der Waals surface area contributed by atoms with Gasteiger partial charge < -0.3 is 14.6 Å². The van der Waals surface area contributed by atoms with E-state index in [1.807, 2.05) is 30.3 Å². The lowest BCUT2D eigenvalue weighted by molar-refractivity contribution is -0.141. The molecule has 0 unspecified atom stereocenters. The summed E-state index contributed by atoms with van der Waals surface area (Å²) in [6, 6.07) is 9.23. The SMILES string of the molecule is O=C(C=CC(=O)OCc1ccccc1)OCCCO. The quantitative estimate of drug-likeness (QED) is 0.455. The fourth-order valence-corrected chi connectivity index (χ4v) is 1.20. The first kappa shape index (κ1) is 14.9. The van der Waals surface area contributed by atoms with Crippen molar-refractivity contribution in [2.24, 2.45) is 0 Å². The van der Waals surface area contributed by atoms with E-state index >= 15 is 0 Å². The highest BCUT2D eigenvalue weighted by atomic mass is 16.5. The van der Waals surface area contributed by atoms with Crippen LogP contribution in [0.15, 0.2) is 42.5 Å². The van der Waals surface area contributed by atoms with Crippen molar-refractivity contribution in [2.45, 2.75) is 13.0 Å². The van der Waals surface area contributed by atoms with Gasteiger partial charge in [0.2, 0.25) is 0 Å². The van der Waals surface area contributed by atoms with Crippen molar-refractivity contribution < 1.29 is 24.2 Å². The first-order valence-corrected chi connectivity index (χ1v) is 5.88. The average Bonchev–Trinajstić information content (AvgIpc) is 2.44. The van der Waals surface area contributed by atoms with Crippen LogP contribution in [0.3, 0.4) is 0 Å². The molecule has 0 saturated carbocycles. The van der Waals surface area contributed by atoms with E-state index in [1.165, 1.54) is 0 Å². The van der Waals surface area contributed by atoms with E-state index in [4.69, 9.17) is 14.6 Å². The normalized spacial score (nSPS) is 10.4. The van der Waals surface area contributed by atoms with Gasteiger partial charge in [-0.05, 0) is 5.56 Å². The number of benzene rings is 1. The number of aliphatic hydroxyl groups is 1. The van der Waals surface area contributed by atoms with E-state index in [0.717, 1.165) is 17.7 Å². The predicted molar refractivity (Wildman–Crippen MR) is 68.0 cm³/mol. The molecule has 0 atom stereocenters. The highest BCUT2D eigenvalue weighted by Crippen LogP contribution is 2.00. The minimum absolute atomic E-state index is 0.0455. The molecule has 0 radical (unpaired) electrons. The fraction of sp³-hybridized carbons (Fsp3) is 0.286. The lowest BCUT2D eigenvalue weighted by Crippen LogP contribution is -2.06. The van der Waals surface area contributed by atoms with Gasteiger partial charge >= 0.3 is 11.9 Å². The molecule has 0 aliphatic heterocycles. The minimum atomic E-state index is -0.634. The van der Waals surface area contributed by atoms with Crippen LogP contribution in [-0.4, -0.2) is 30.3 Å². The number of carbonyl (C=O) groups is 2. The summed E-state index contributed by atoms with van der Waals surface area (Å²) in [5.41, 5.74) is 0.870. The number of hydrogen-bond donors (Lipinski definition) is 1. The van der Waals surface area contributed by atoms with Crippen molar-refractivity contribution in [1.82, 2.24) is 0 Å². The second-order valence-electron chi connectivity index (χ2n) is 3.67. The third kappa shape index (κ3) is 7.00. The van der Waals surface area contributed by atoms with E-state index < -0.39 is 11.9 Å². The maximum atomic E-state index is 11.3. The predicted octanol–water partition coefficient (Wildman–Crippen LogP) is 1.21. The van der Waals surface area contributed by atoms with Gasteiger partial charge in [0, 0.05) is 25.2 Å². The molecule has 1 aromatic carbocycles. The van der Waals surface area contributed by atoms with Crippen LogP contribution in [-0.2, 0) is 25.7 Å². The molecule has 0 fully saturated rings. The molecular formula is C14H16O5. The second kappa shape index (κ2) is 8.88. The number of esters is 2. The largest absolute Gasteiger partial charge is 0.462 e. The lowest BCUT2D eigenvalue weighted by Gasteiger charge is -2.01. The summed E-state index contributed by atoms with van der Waals surface area (Å²) in [6.45, 7) is 0.235. The highest BCUT2D eigenvalue weighted by Gasteiger charge is 2.01. The molecule has 0 aromatic heterocycles. The number of aliphatic hydroxyl groups excluding tert-OH is 1. The second-order valence-corrected chi connectivity index (χ2v) is 3.67. The smallest absolute Gasteiger partial charge is 0.331 e. The van der Waals surface area contributed by atoms with E-state index in [1.54, 1.807) is 0 Å². The lowest BCUT2D eigenvalue weighted by atomic mass is 10.2. The van der Waals surface area contributed by atoms with Gasteiger partial charge in [-0.3, -0.25) is 0 Å². The van der Waals surface area contributed by atoms with Gasteiger partial charge in [-0.1, -0.05) is 30.3 Å². The van der Waals surface area contributed by atoms with Crippen molar-refractivity contribution in [3.8, 4) is 0 Å². The summed E-state index contributed by atoms with van der Waals surface area (Å²) in [7, 11) is 0. The highest BCUT2D eigenvalue weighted by molar-refractivity contribution is 5.91. The summed E-state index contributed by atoms with van der Waals surface area (Å²) < 4.78 is 9.63. The van der Waals surface area contributed by atoms with E-state index in [0.29, 0.717) is 6.42 Å². The zero-order valence-corrected chi connectivity index (χ0v) is 10.5. The molecule has 5 heteroatoms. The topological polar surface area (TPSA) is 72.8 Å². The molecule has 1 aromatic rings. The van der Waals surface area contributed by atoms with Crippen LogP contribution in [0.4, 0.5) is 0 Å². The zero-order valence-electron chi connectivity index (χ0n) is 10.5. The summed E-state index contributed by atoms with van der Waals surface area (Å²) in [4.78, 5) is 22.4. The standard InChI is InChI=1S/C14H16O5/c15-9-4-10-18-13(16)7-8-14(17)19-11-12-5-2-1-3-6-12/h1-3,5-8,15H,4,9-11H2. The Balaban J connectivity index is 2.25. The Morgan fingerprint density at radius 2 is 1.68 bits per heavy atom. The first-order chi connectivity index (χ1) is 9.22. The number of carbonyl (C=O) groups excluding carboxylic acids is 2. The molecule has 0 amide bonds. The van der Waals surface area contributed by atoms with Crippen LogP contribution >= 0.6 is 0 Å². The number of rotatable bonds is 7.